The largest absolute Gasteiger partial charge is 0.491 e. The average Bonchev–Trinajstić information content (AvgIpc) is 2.34. The molecule has 1 N–H and O–H groups in total. The van der Waals surface area contributed by atoms with Gasteiger partial charge >= 0.3 is 0 Å². The maximum Gasteiger partial charge on any atom is 0.126 e. The molecule has 3 nitrogen and oxygen atoms in total. The molecule has 0 bridgehead atoms. The molecule has 0 aromatic heterocycles. The molecule has 0 heterocycles. The van der Waals surface area contributed by atoms with Gasteiger partial charge in [-0.2, -0.15) is 0 Å². The molecular weight excluding hydrogens is 294 g/mol. The van der Waals surface area contributed by atoms with Gasteiger partial charge in [0.1, 0.15) is 12.4 Å². The lowest BCUT2D eigenvalue weighted by Crippen LogP contribution is -2.15. The molecule has 18 heavy (non-hydrogen) atoms. The predicted molar refractivity (Wildman–Crippen MR) is 78.2 cm³/mol. The Labute approximate surface area is 118 Å². The van der Waals surface area contributed by atoms with Crippen molar-refractivity contribution in [1.29, 1.82) is 0 Å². The number of hydrogen-bond donors (Lipinski definition) is 1. The number of hydrogen-bond acceptors (Lipinski definition) is 3. The van der Waals surface area contributed by atoms with Gasteiger partial charge in [0.05, 0.1) is 6.61 Å². The Hall–Kier alpha value is -0.580. The zero-order valence-electron chi connectivity index (χ0n) is 11.4. The molecule has 4 heteroatoms. The zero-order chi connectivity index (χ0) is 13.4. The van der Waals surface area contributed by atoms with Gasteiger partial charge in [-0.3, -0.25) is 0 Å². The van der Waals surface area contributed by atoms with E-state index in [4.69, 9.17) is 9.47 Å². The van der Waals surface area contributed by atoms with Crippen LogP contribution in [0.15, 0.2) is 16.6 Å². The van der Waals surface area contributed by atoms with Crippen molar-refractivity contribution >= 4 is 15.9 Å². The molecule has 0 atom stereocenters. The van der Waals surface area contributed by atoms with E-state index in [0.717, 1.165) is 35.5 Å². The Balaban J connectivity index is 2.72. The Morgan fingerprint density at radius 3 is 2.67 bits per heavy atom. The molecule has 0 saturated heterocycles. The summed E-state index contributed by atoms with van der Waals surface area (Å²) in [7, 11) is 0. The van der Waals surface area contributed by atoms with Crippen molar-refractivity contribution in [2.24, 2.45) is 0 Å². The molecule has 0 amide bonds. The van der Waals surface area contributed by atoms with Crippen LogP contribution in [0.3, 0.4) is 0 Å². The highest BCUT2D eigenvalue weighted by Crippen LogP contribution is 2.28. The standard InChI is InChI=1S/C14H22BrNO2/c1-4-16-10-12-9-13(15)8-11(3)14(12)18-7-6-17-5-2/h8-9,16H,4-7,10H2,1-3H3. The van der Waals surface area contributed by atoms with Gasteiger partial charge in [0.15, 0.2) is 0 Å². The van der Waals surface area contributed by atoms with Crippen LogP contribution in [0.25, 0.3) is 0 Å². The van der Waals surface area contributed by atoms with E-state index in [1.54, 1.807) is 0 Å². The predicted octanol–water partition coefficient (Wildman–Crippen LogP) is 3.28. The molecule has 0 spiro atoms. The van der Waals surface area contributed by atoms with E-state index in [9.17, 15) is 0 Å². The van der Waals surface area contributed by atoms with Gasteiger partial charge in [0, 0.05) is 23.2 Å². The molecule has 0 aliphatic rings. The van der Waals surface area contributed by atoms with Crippen LogP contribution in [0.2, 0.25) is 0 Å². The lowest BCUT2D eigenvalue weighted by Gasteiger charge is -2.15. The van der Waals surface area contributed by atoms with Crippen molar-refractivity contribution in [1.82, 2.24) is 5.32 Å². The third-order valence-electron chi connectivity index (χ3n) is 2.56. The first-order chi connectivity index (χ1) is 8.69. The van der Waals surface area contributed by atoms with Crippen molar-refractivity contribution in [3.05, 3.63) is 27.7 Å². The fourth-order valence-corrected chi connectivity index (χ4v) is 2.36. The van der Waals surface area contributed by atoms with Crippen molar-refractivity contribution in [2.45, 2.75) is 27.3 Å². The minimum absolute atomic E-state index is 0.593. The van der Waals surface area contributed by atoms with Gasteiger partial charge in [-0.15, -0.1) is 0 Å². The van der Waals surface area contributed by atoms with Crippen LogP contribution in [0.1, 0.15) is 25.0 Å². The van der Waals surface area contributed by atoms with E-state index < -0.39 is 0 Å². The first-order valence-corrected chi connectivity index (χ1v) is 7.18. The minimum atomic E-state index is 0.593. The number of halogens is 1. The van der Waals surface area contributed by atoms with Crippen LogP contribution in [0.5, 0.6) is 5.75 Å². The summed E-state index contributed by atoms with van der Waals surface area (Å²) < 4.78 is 12.2. The van der Waals surface area contributed by atoms with Gasteiger partial charge in [-0.05, 0) is 38.1 Å². The maximum atomic E-state index is 5.84. The zero-order valence-corrected chi connectivity index (χ0v) is 13.0. The monoisotopic (exact) mass is 315 g/mol. The van der Waals surface area contributed by atoms with Crippen LogP contribution < -0.4 is 10.1 Å². The molecule has 0 saturated carbocycles. The van der Waals surface area contributed by atoms with E-state index in [1.165, 1.54) is 5.56 Å². The average molecular weight is 316 g/mol. The highest BCUT2D eigenvalue weighted by Gasteiger charge is 2.08. The molecule has 0 aliphatic carbocycles. The lowest BCUT2D eigenvalue weighted by atomic mass is 10.1. The number of nitrogens with one attached hydrogen (secondary N) is 1. The summed E-state index contributed by atoms with van der Waals surface area (Å²) in [5, 5.41) is 3.33. The second-order valence-electron chi connectivity index (χ2n) is 4.04. The Kier molecular flexibility index (Phi) is 7.32. The minimum Gasteiger partial charge on any atom is -0.491 e. The highest BCUT2D eigenvalue weighted by atomic mass is 79.9. The number of ether oxygens (including phenoxy) is 2. The number of aryl methyl sites for hydroxylation is 1. The summed E-state index contributed by atoms with van der Waals surface area (Å²) >= 11 is 3.52. The van der Waals surface area contributed by atoms with E-state index in [2.05, 4.69) is 47.2 Å². The first kappa shape index (κ1) is 15.5. The molecule has 1 aromatic carbocycles. The number of rotatable bonds is 8. The molecule has 0 unspecified atom stereocenters. The van der Waals surface area contributed by atoms with Crippen LogP contribution in [0, 0.1) is 6.92 Å². The van der Waals surface area contributed by atoms with E-state index >= 15 is 0 Å². The van der Waals surface area contributed by atoms with E-state index in [1.807, 2.05) is 6.92 Å². The van der Waals surface area contributed by atoms with Crippen molar-refractivity contribution in [3.63, 3.8) is 0 Å². The quantitative estimate of drug-likeness (QED) is 0.747. The third-order valence-corrected chi connectivity index (χ3v) is 3.02. The molecule has 0 aliphatic heterocycles. The second kappa shape index (κ2) is 8.51. The molecular formula is C14H22BrNO2. The van der Waals surface area contributed by atoms with Gasteiger partial charge in [0.25, 0.3) is 0 Å². The summed E-state index contributed by atoms with van der Waals surface area (Å²) in [5.41, 5.74) is 2.33. The topological polar surface area (TPSA) is 30.5 Å². The Morgan fingerprint density at radius 2 is 2.00 bits per heavy atom. The summed E-state index contributed by atoms with van der Waals surface area (Å²) in [5.74, 6) is 0.971. The summed E-state index contributed by atoms with van der Waals surface area (Å²) in [6, 6.07) is 4.18. The molecule has 1 rings (SSSR count). The van der Waals surface area contributed by atoms with Gasteiger partial charge in [-0.25, -0.2) is 0 Å². The van der Waals surface area contributed by atoms with Crippen LogP contribution in [-0.4, -0.2) is 26.4 Å². The molecule has 0 fully saturated rings. The lowest BCUT2D eigenvalue weighted by molar-refractivity contribution is 0.109. The Bertz CT molecular complexity index is 369. The van der Waals surface area contributed by atoms with E-state index in [0.29, 0.717) is 13.2 Å². The smallest absolute Gasteiger partial charge is 0.126 e. The molecule has 1 aromatic rings. The highest BCUT2D eigenvalue weighted by molar-refractivity contribution is 9.10. The van der Waals surface area contributed by atoms with Gasteiger partial charge in [0.2, 0.25) is 0 Å². The van der Waals surface area contributed by atoms with Crippen molar-refractivity contribution in [3.8, 4) is 5.75 Å². The SMILES string of the molecule is CCNCc1cc(Br)cc(C)c1OCCOCC. The first-order valence-electron chi connectivity index (χ1n) is 6.39. The van der Waals surface area contributed by atoms with Crippen molar-refractivity contribution in [2.75, 3.05) is 26.4 Å². The second-order valence-corrected chi connectivity index (χ2v) is 4.95. The van der Waals surface area contributed by atoms with Gasteiger partial charge < -0.3 is 14.8 Å². The van der Waals surface area contributed by atoms with Crippen LogP contribution >= 0.6 is 15.9 Å². The molecule has 0 radical (unpaired) electrons. The Morgan fingerprint density at radius 1 is 1.22 bits per heavy atom. The van der Waals surface area contributed by atoms with Crippen molar-refractivity contribution < 1.29 is 9.47 Å². The van der Waals surface area contributed by atoms with Gasteiger partial charge in [-0.1, -0.05) is 22.9 Å². The normalized spacial score (nSPS) is 10.7. The van der Waals surface area contributed by atoms with Crippen LogP contribution in [0.4, 0.5) is 0 Å². The summed E-state index contributed by atoms with van der Waals surface area (Å²) in [6.45, 7) is 9.87. The van der Waals surface area contributed by atoms with E-state index in [-0.39, 0.29) is 0 Å². The fraction of sp³-hybridized carbons (Fsp3) is 0.571. The number of benzene rings is 1. The maximum absolute atomic E-state index is 5.84. The van der Waals surface area contributed by atoms with Crippen LogP contribution in [-0.2, 0) is 11.3 Å². The summed E-state index contributed by atoms with van der Waals surface area (Å²) in [6.07, 6.45) is 0. The third kappa shape index (κ3) is 4.96. The molecule has 102 valence electrons. The summed E-state index contributed by atoms with van der Waals surface area (Å²) in [4.78, 5) is 0. The fourth-order valence-electron chi connectivity index (χ4n) is 1.74.